The van der Waals surface area contributed by atoms with Crippen molar-refractivity contribution in [2.24, 2.45) is 0 Å². The Morgan fingerprint density at radius 2 is 2.00 bits per heavy atom. The minimum absolute atomic E-state index is 0.233. The number of pyridine rings is 1. The number of rotatable bonds is 0. The van der Waals surface area contributed by atoms with Crippen molar-refractivity contribution in [1.29, 1.82) is 0 Å². The summed E-state index contributed by atoms with van der Waals surface area (Å²) < 4.78 is 0.837. The van der Waals surface area contributed by atoms with Gasteiger partial charge in [0.1, 0.15) is 0 Å². The maximum atomic E-state index is 9.42. The molecule has 1 heterocycles. The molecule has 0 saturated carbocycles. The summed E-state index contributed by atoms with van der Waals surface area (Å²) in [6.45, 7) is 0. The number of nitrogens with zero attached hydrogens (tertiary/aromatic N) is 1. The van der Waals surface area contributed by atoms with Gasteiger partial charge in [0.2, 0.25) is 0 Å². The van der Waals surface area contributed by atoms with Gasteiger partial charge >= 0.3 is 77.9 Å². The Labute approximate surface area is 78.3 Å². The van der Waals surface area contributed by atoms with Crippen molar-refractivity contribution in [3.05, 3.63) is 30.3 Å². The standard InChI is InChI=1S/C9H6NO.Al/c11-8-5-1-3-7-4-2-6-10-9(7)8;/h1-5,11H;/q;+2. The van der Waals surface area contributed by atoms with Crippen molar-refractivity contribution in [3.63, 3.8) is 0 Å². The van der Waals surface area contributed by atoms with Crippen LogP contribution in [0.2, 0.25) is 0 Å². The van der Waals surface area contributed by atoms with Crippen LogP contribution in [0.25, 0.3) is 10.9 Å². The molecule has 0 fully saturated rings. The molecule has 1 aromatic carbocycles. The van der Waals surface area contributed by atoms with Crippen LogP contribution < -0.4 is 4.56 Å². The van der Waals surface area contributed by atoms with E-state index in [9.17, 15) is 5.11 Å². The van der Waals surface area contributed by atoms with Gasteiger partial charge in [-0.2, -0.15) is 0 Å². The molecule has 0 saturated heterocycles. The van der Waals surface area contributed by atoms with Gasteiger partial charge in [0.15, 0.2) is 0 Å². The molecule has 54 valence electrons. The summed E-state index contributed by atoms with van der Waals surface area (Å²) in [4.78, 5) is 4.19. The summed E-state index contributed by atoms with van der Waals surface area (Å²) >= 11 is 2.50. The molecule has 12 heavy (non-hydrogen) atoms. The number of hydrogen-bond donors (Lipinski definition) is 1. The van der Waals surface area contributed by atoms with E-state index < -0.39 is 0 Å². The molecule has 0 unspecified atom stereocenters. The number of para-hydroxylation sites is 1. The molecule has 0 atom stereocenters. The number of phenolic OH excluding ortho intramolecular Hbond substituents is 1. The van der Waals surface area contributed by atoms with Crippen LogP contribution in [0.15, 0.2) is 30.3 Å². The summed E-state index contributed by atoms with van der Waals surface area (Å²) in [6.07, 6.45) is 0. The Kier molecular flexibility index (Phi) is 1.76. The van der Waals surface area contributed by atoms with Crippen molar-refractivity contribution in [2.45, 2.75) is 0 Å². The number of fused-ring (bicyclic) bond motifs is 1. The second-order valence-corrected chi connectivity index (χ2v) is 3.18. The molecule has 0 bridgehead atoms. The average molecular weight is 171 g/mol. The number of hydrogen-bond acceptors (Lipinski definition) is 2. The van der Waals surface area contributed by atoms with Gasteiger partial charge in [0.05, 0.1) is 0 Å². The summed E-state index contributed by atoms with van der Waals surface area (Å²) in [5.41, 5.74) is 0.657. The Bertz CT molecular complexity index is 428. The second kappa shape index (κ2) is 2.78. The molecule has 0 radical (unpaired) electrons. The Hall–Kier alpha value is -1.04. The molecule has 2 nitrogen and oxygen atoms in total. The van der Waals surface area contributed by atoms with Crippen LogP contribution in [0.4, 0.5) is 0 Å². The molecule has 0 spiro atoms. The molecule has 1 N–H and O–H groups in total. The van der Waals surface area contributed by atoms with E-state index in [4.69, 9.17) is 0 Å². The van der Waals surface area contributed by atoms with Gasteiger partial charge in [-0.3, -0.25) is 0 Å². The van der Waals surface area contributed by atoms with Gasteiger partial charge in [0, 0.05) is 0 Å². The van der Waals surface area contributed by atoms with Crippen molar-refractivity contribution in [3.8, 4) is 5.75 Å². The Morgan fingerprint density at radius 1 is 1.17 bits per heavy atom. The van der Waals surface area contributed by atoms with Crippen molar-refractivity contribution >= 4 is 31.7 Å². The number of benzene rings is 1. The predicted octanol–water partition coefficient (Wildman–Crippen LogP) is 0.734. The number of aromatic hydroxyl groups is 1. The van der Waals surface area contributed by atoms with E-state index in [1.54, 1.807) is 6.07 Å². The molecule has 0 amide bonds. The Morgan fingerprint density at radius 3 is 2.83 bits per heavy atom. The third kappa shape index (κ3) is 1.18. The van der Waals surface area contributed by atoms with E-state index in [2.05, 4.69) is 21.3 Å². The first kappa shape index (κ1) is 7.60. The summed E-state index contributed by atoms with van der Waals surface area (Å²) in [7, 11) is 0. The zero-order chi connectivity index (χ0) is 8.55. The monoisotopic (exact) mass is 171 g/mol. The normalized spacial score (nSPS) is 10.5. The maximum absolute atomic E-state index is 9.42. The van der Waals surface area contributed by atoms with Crippen LogP contribution in [-0.2, 0) is 0 Å². The predicted molar refractivity (Wildman–Crippen MR) is 48.8 cm³/mol. The first-order valence-electron chi connectivity index (χ1n) is 3.61. The molecule has 0 aliphatic heterocycles. The molecule has 0 aliphatic carbocycles. The third-order valence-electron chi connectivity index (χ3n) is 1.72. The topological polar surface area (TPSA) is 33.1 Å². The van der Waals surface area contributed by atoms with Crippen LogP contribution >= 0.6 is 0 Å². The molecular formula is C9H6AlNO+2. The number of aromatic nitrogens is 1. The van der Waals surface area contributed by atoms with Crippen molar-refractivity contribution in [1.82, 2.24) is 4.98 Å². The van der Waals surface area contributed by atoms with Crippen molar-refractivity contribution < 1.29 is 5.11 Å². The van der Waals surface area contributed by atoms with Crippen molar-refractivity contribution in [2.75, 3.05) is 0 Å². The van der Waals surface area contributed by atoms with Gasteiger partial charge in [0.25, 0.3) is 0 Å². The second-order valence-electron chi connectivity index (χ2n) is 2.58. The SMILES string of the molecule is Oc1cccc2cc[c]([Al+2])nc12. The van der Waals surface area contributed by atoms with E-state index in [-0.39, 0.29) is 5.75 Å². The van der Waals surface area contributed by atoms with Gasteiger partial charge in [-0.15, -0.1) is 0 Å². The fourth-order valence-corrected chi connectivity index (χ4v) is 1.37. The molecular weight excluding hydrogens is 165 g/mol. The molecule has 3 heteroatoms. The van der Waals surface area contributed by atoms with Gasteiger partial charge in [-0.25, -0.2) is 0 Å². The van der Waals surface area contributed by atoms with E-state index in [0.29, 0.717) is 5.52 Å². The third-order valence-corrected chi connectivity index (χ3v) is 2.04. The van der Waals surface area contributed by atoms with E-state index >= 15 is 0 Å². The van der Waals surface area contributed by atoms with Crippen LogP contribution in [-0.4, -0.2) is 26.4 Å². The fraction of sp³-hybridized carbons (Fsp3) is 0. The van der Waals surface area contributed by atoms with Crippen LogP contribution in [0, 0.1) is 0 Å². The first-order valence-corrected chi connectivity index (χ1v) is 4.19. The van der Waals surface area contributed by atoms with Gasteiger partial charge in [-0.1, -0.05) is 0 Å². The average Bonchev–Trinajstić information content (AvgIpc) is 2.07. The Balaban J connectivity index is 2.88. The first-order chi connectivity index (χ1) is 5.77. The summed E-state index contributed by atoms with van der Waals surface area (Å²) in [6, 6.07) is 9.20. The molecule has 0 aliphatic rings. The van der Waals surface area contributed by atoms with Crippen LogP contribution in [0.1, 0.15) is 0 Å². The van der Waals surface area contributed by atoms with Gasteiger partial charge < -0.3 is 0 Å². The van der Waals surface area contributed by atoms with E-state index in [1.165, 1.54) is 0 Å². The zero-order valence-corrected chi connectivity index (χ0v) is 7.51. The summed E-state index contributed by atoms with van der Waals surface area (Å²) in [5, 5.41) is 10.4. The fourth-order valence-electron chi connectivity index (χ4n) is 1.15. The van der Waals surface area contributed by atoms with Crippen LogP contribution in [0.3, 0.4) is 0 Å². The molecule has 1 aromatic heterocycles. The van der Waals surface area contributed by atoms with E-state index in [0.717, 1.165) is 9.94 Å². The minimum atomic E-state index is 0.233. The quantitative estimate of drug-likeness (QED) is 0.593. The molecule has 2 aromatic rings. The number of phenols is 1. The van der Waals surface area contributed by atoms with Crippen LogP contribution in [0.5, 0.6) is 5.75 Å². The summed E-state index contributed by atoms with van der Waals surface area (Å²) in [5.74, 6) is 0.233. The van der Waals surface area contributed by atoms with Gasteiger partial charge in [-0.05, 0) is 0 Å². The van der Waals surface area contributed by atoms with E-state index in [1.807, 2.05) is 24.3 Å². The zero-order valence-electron chi connectivity index (χ0n) is 6.36. The molecule has 2 rings (SSSR count).